The molecule has 0 aliphatic carbocycles. The molecule has 3 nitrogen and oxygen atoms in total. The molecule has 31 heavy (non-hydrogen) atoms. The van der Waals surface area contributed by atoms with Gasteiger partial charge in [0.15, 0.2) is 0 Å². The van der Waals surface area contributed by atoms with Gasteiger partial charge in [-0.2, -0.15) is 0 Å². The lowest BCUT2D eigenvalue weighted by atomic mass is 10.1. The lowest BCUT2D eigenvalue weighted by Gasteiger charge is -2.14. The van der Waals surface area contributed by atoms with Crippen LogP contribution < -0.4 is 4.74 Å². The zero-order chi connectivity index (χ0) is 21.8. The number of hydrogen-bond donors (Lipinski definition) is 0. The fourth-order valence-corrected chi connectivity index (χ4v) is 4.89. The fourth-order valence-electron chi connectivity index (χ4n) is 3.08. The van der Waals surface area contributed by atoms with Crippen LogP contribution in [0.15, 0.2) is 82.2 Å². The van der Waals surface area contributed by atoms with Gasteiger partial charge in [-0.25, -0.2) is 0 Å². The Morgan fingerprint density at radius 3 is 2.58 bits per heavy atom. The molecule has 1 heterocycles. The van der Waals surface area contributed by atoms with Crippen LogP contribution in [0.1, 0.15) is 16.7 Å². The maximum Gasteiger partial charge on any atom is 0.266 e. The number of amides is 1. The van der Waals surface area contributed by atoms with Crippen molar-refractivity contribution in [2.45, 2.75) is 13.2 Å². The SMILES string of the molecule is O=C1/C(=C\c2cc(Br)ccc2OCc2ccccc2Cl)SC(=S)N1Cc1ccccc1. The normalized spacial score (nSPS) is 15.0. The maximum absolute atomic E-state index is 13.0. The zero-order valence-electron chi connectivity index (χ0n) is 16.3. The van der Waals surface area contributed by atoms with Gasteiger partial charge in [-0.15, -0.1) is 0 Å². The summed E-state index contributed by atoms with van der Waals surface area (Å²) >= 11 is 16.5. The van der Waals surface area contributed by atoms with Crippen LogP contribution in [0.2, 0.25) is 5.02 Å². The van der Waals surface area contributed by atoms with E-state index in [1.807, 2.05) is 78.9 Å². The minimum atomic E-state index is -0.101. The van der Waals surface area contributed by atoms with Crippen LogP contribution in [-0.4, -0.2) is 15.1 Å². The van der Waals surface area contributed by atoms with Gasteiger partial charge in [0, 0.05) is 20.6 Å². The Morgan fingerprint density at radius 2 is 1.81 bits per heavy atom. The van der Waals surface area contributed by atoms with E-state index in [0.717, 1.165) is 21.2 Å². The van der Waals surface area contributed by atoms with Crippen molar-refractivity contribution in [2.24, 2.45) is 0 Å². The van der Waals surface area contributed by atoms with Gasteiger partial charge >= 0.3 is 0 Å². The van der Waals surface area contributed by atoms with Gasteiger partial charge < -0.3 is 4.74 Å². The largest absolute Gasteiger partial charge is 0.488 e. The molecule has 3 aromatic carbocycles. The number of thioether (sulfide) groups is 1. The first-order valence-electron chi connectivity index (χ1n) is 9.46. The Kier molecular flexibility index (Phi) is 7.13. The fraction of sp³-hybridized carbons (Fsp3) is 0.0833. The Bertz CT molecular complexity index is 1170. The molecule has 0 aromatic heterocycles. The molecule has 0 spiro atoms. The summed E-state index contributed by atoms with van der Waals surface area (Å²) in [5.41, 5.74) is 2.72. The number of carbonyl (C=O) groups excluding carboxylic acids is 1. The second-order valence-electron chi connectivity index (χ2n) is 6.82. The van der Waals surface area contributed by atoms with E-state index < -0.39 is 0 Å². The van der Waals surface area contributed by atoms with Crippen LogP contribution in [0, 0.1) is 0 Å². The molecule has 1 saturated heterocycles. The van der Waals surface area contributed by atoms with Crippen molar-refractivity contribution in [3.05, 3.63) is 104 Å². The third kappa shape index (κ3) is 5.39. The van der Waals surface area contributed by atoms with Gasteiger partial charge in [0.2, 0.25) is 0 Å². The van der Waals surface area contributed by atoms with E-state index in [4.69, 9.17) is 28.6 Å². The quantitative estimate of drug-likeness (QED) is 0.251. The average molecular weight is 531 g/mol. The molecule has 1 aliphatic heterocycles. The Hall–Kier alpha value is -2.12. The van der Waals surface area contributed by atoms with Gasteiger partial charge in [0.1, 0.15) is 16.7 Å². The molecule has 1 aliphatic rings. The molecule has 0 bridgehead atoms. The predicted molar refractivity (Wildman–Crippen MR) is 135 cm³/mol. The van der Waals surface area contributed by atoms with Crippen molar-refractivity contribution in [2.75, 3.05) is 0 Å². The number of ether oxygens (including phenoxy) is 1. The van der Waals surface area contributed by atoms with Crippen molar-refractivity contribution in [1.82, 2.24) is 4.90 Å². The number of carbonyl (C=O) groups is 1. The minimum absolute atomic E-state index is 0.101. The predicted octanol–water partition coefficient (Wildman–Crippen LogP) is 7.08. The van der Waals surface area contributed by atoms with Crippen molar-refractivity contribution in [3.8, 4) is 5.75 Å². The van der Waals surface area contributed by atoms with Gasteiger partial charge in [-0.1, -0.05) is 100 Å². The van der Waals surface area contributed by atoms with E-state index >= 15 is 0 Å². The van der Waals surface area contributed by atoms with Crippen LogP contribution in [0.3, 0.4) is 0 Å². The smallest absolute Gasteiger partial charge is 0.266 e. The molecule has 0 unspecified atom stereocenters. The van der Waals surface area contributed by atoms with Gasteiger partial charge in [0.05, 0.1) is 11.4 Å². The molecular weight excluding hydrogens is 514 g/mol. The van der Waals surface area contributed by atoms with Crippen molar-refractivity contribution in [1.29, 1.82) is 0 Å². The van der Waals surface area contributed by atoms with Crippen molar-refractivity contribution in [3.63, 3.8) is 0 Å². The molecule has 156 valence electrons. The van der Waals surface area contributed by atoms with E-state index in [9.17, 15) is 4.79 Å². The second-order valence-corrected chi connectivity index (χ2v) is 9.81. The molecule has 0 N–H and O–H groups in total. The zero-order valence-corrected chi connectivity index (χ0v) is 20.2. The molecule has 3 aromatic rings. The third-order valence-corrected chi connectivity index (χ3v) is 6.90. The molecule has 4 rings (SSSR count). The number of hydrogen-bond acceptors (Lipinski definition) is 4. The number of halogens is 2. The minimum Gasteiger partial charge on any atom is -0.488 e. The van der Waals surface area contributed by atoms with Crippen LogP contribution in [0.4, 0.5) is 0 Å². The second kappa shape index (κ2) is 10.0. The van der Waals surface area contributed by atoms with Crippen LogP contribution >= 0.6 is 51.5 Å². The summed E-state index contributed by atoms with van der Waals surface area (Å²) < 4.78 is 7.48. The highest BCUT2D eigenvalue weighted by Gasteiger charge is 2.32. The summed E-state index contributed by atoms with van der Waals surface area (Å²) in [4.78, 5) is 15.2. The highest BCUT2D eigenvalue weighted by molar-refractivity contribution is 9.10. The summed E-state index contributed by atoms with van der Waals surface area (Å²) in [6, 6.07) is 23.1. The maximum atomic E-state index is 13.0. The Morgan fingerprint density at radius 1 is 1.06 bits per heavy atom. The third-order valence-electron chi connectivity index (χ3n) is 4.66. The number of benzene rings is 3. The summed E-state index contributed by atoms with van der Waals surface area (Å²) in [6.45, 7) is 0.786. The Labute approximate surface area is 204 Å². The molecule has 1 fully saturated rings. The van der Waals surface area contributed by atoms with E-state index in [2.05, 4.69) is 15.9 Å². The van der Waals surface area contributed by atoms with Gasteiger partial charge in [-0.05, 0) is 35.9 Å². The first kappa shape index (κ1) is 22.1. The average Bonchev–Trinajstić information content (AvgIpc) is 3.02. The Balaban J connectivity index is 1.56. The lowest BCUT2D eigenvalue weighted by Crippen LogP contribution is -2.27. The first-order chi connectivity index (χ1) is 15.0. The van der Waals surface area contributed by atoms with Gasteiger partial charge in [-0.3, -0.25) is 9.69 Å². The number of rotatable bonds is 6. The molecule has 1 amide bonds. The molecule has 0 radical (unpaired) electrons. The summed E-state index contributed by atoms with van der Waals surface area (Å²) in [5.74, 6) is 0.562. The van der Waals surface area contributed by atoms with Gasteiger partial charge in [0.25, 0.3) is 5.91 Å². The summed E-state index contributed by atoms with van der Waals surface area (Å²) in [6.07, 6.45) is 1.83. The topological polar surface area (TPSA) is 29.5 Å². The number of thiocarbonyl (C=S) groups is 1. The molecular formula is C24H17BrClNO2S2. The van der Waals surface area contributed by atoms with Crippen molar-refractivity contribution >= 4 is 67.8 Å². The highest BCUT2D eigenvalue weighted by Crippen LogP contribution is 2.36. The van der Waals surface area contributed by atoms with E-state index in [1.165, 1.54) is 11.8 Å². The molecule has 7 heteroatoms. The van der Waals surface area contributed by atoms with Crippen LogP contribution in [0.5, 0.6) is 5.75 Å². The van der Waals surface area contributed by atoms with E-state index in [0.29, 0.717) is 33.1 Å². The first-order valence-corrected chi connectivity index (χ1v) is 11.9. The number of nitrogens with zero attached hydrogens (tertiary/aromatic N) is 1. The lowest BCUT2D eigenvalue weighted by molar-refractivity contribution is -0.122. The van der Waals surface area contributed by atoms with Crippen molar-refractivity contribution < 1.29 is 9.53 Å². The standard InChI is InChI=1S/C24H17BrClNO2S2/c25-19-10-11-21(29-15-17-8-4-5-9-20(17)26)18(12-19)13-22-23(28)27(24(30)31-22)14-16-6-2-1-3-7-16/h1-13H,14-15H2/b22-13+. The summed E-state index contributed by atoms with van der Waals surface area (Å²) in [7, 11) is 0. The van der Waals surface area contributed by atoms with E-state index in [-0.39, 0.29) is 5.91 Å². The van der Waals surface area contributed by atoms with E-state index in [1.54, 1.807) is 4.90 Å². The monoisotopic (exact) mass is 529 g/mol. The molecule has 0 atom stereocenters. The van der Waals surface area contributed by atoms with Crippen LogP contribution in [0.25, 0.3) is 6.08 Å². The molecule has 0 saturated carbocycles. The van der Waals surface area contributed by atoms with Crippen LogP contribution in [-0.2, 0) is 17.9 Å². The highest BCUT2D eigenvalue weighted by atomic mass is 79.9. The summed E-state index contributed by atoms with van der Waals surface area (Å²) in [5, 5.41) is 0.656.